The van der Waals surface area contributed by atoms with E-state index in [-0.39, 0.29) is 11.8 Å². The summed E-state index contributed by atoms with van der Waals surface area (Å²) in [7, 11) is 0. The summed E-state index contributed by atoms with van der Waals surface area (Å²) < 4.78 is 0. The maximum absolute atomic E-state index is 10.8. The molecular formula is C12H16O2. The van der Waals surface area contributed by atoms with Gasteiger partial charge in [0.2, 0.25) is 0 Å². The van der Waals surface area contributed by atoms with Gasteiger partial charge in [-0.05, 0) is 18.4 Å². The molecule has 1 aromatic rings. The van der Waals surface area contributed by atoms with Crippen LogP contribution in [0.25, 0.3) is 0 Å². The summed E-state index contributed by atoms with van der Waals surface area (Å²) in [5.41, 5.74) is 2.27. The van der Waals surface area contributed by atoms with Crippen LogP contribution in [0.1, 0.15) is 30.9 Å². The minimum atomic E-state index is -0.737. The van der Waals surface area contributed by atoms with Gasteiger partial charge in [-0.3, -0.25) is 4.79 Å². The van der Waals surface area contributed by atoms with Crippen molar-refractivity contribution in [2.45, 2.75) is 26.7 Å². The lowest BCUT2D eigenvalue weighted by Gasteiger charge is -2.16. The van der Waals surface area contributed by atoms with Gasteiger partial charge in [0.15, 0.2) is 0 Å². The first kappa shape index (κ1) is 10.8. The van der Waals surface area contributed by atoms with Gasteiger partial charge in [0.25, 0.3) is 0 Å². The molecule has 0 aliphatic carbocycles. The molecule has 2 unspecified atom stereocenters. The average molecular weight is 192 g/mol. The Morgan fingerprint density at radius 2 is 2.00 bits per heavy atom. The second kappa shape index (κ2) is 4.27. The van der Waals surface area contributed by atoms with E-state index in [1.165, 1.54) is 5.56 Å². The number of hydrogen-bond donors (Lipinski definition) is 1. The van der Waals surface area contributed by atoms with Crippen molar-refractivity contribution < 1.29 is 9.90 Å². The Morgan fingerprint density at radius 3 is 2.50 bits per heavy atom. The van der Waals surface area contributed by atoms with Gasteiger partial charge in [-0.2, -0.15) is 0 Å². The van der Waals surface area contributed by atoms with Crippen LogP contribution in [0.5, 0.6) is 0 Å². The first-order valence-corrected chi connectivity index (χ1v) is 4.81. The smallest absolute Gasteiger partial charge is 0.306 e. The molecule has 0 spiro atoms. The topological polar surface area (TPSA) is 37.3 Å². The monoisotopic (exact) mass is 192 g/mol. The molecule has 0 radical (unpaired) electrons. The van der Waals surface area contributed by atoms with Gasteiger partial charge in [0, 0.05) is 0 Å². The van der Waals surface area contributed by atoms with E-state index in [1.54, 1.807) is 6.92 Å². The zero-order valence-electron chi connectivity index (χ0n) is 8.82. The van der Waals surface area contributed by atoms with Crippen molar-refractivity contribution >= 4 is 5.97 Å². The molecule has 0 saturated carbocycles. The first-order valence-electron chi connectivity index (χ1n) is 4.81. The summed E-state index contributed by atoms with van der Waals surface area (Å²) >= 11 is 0. The van der Waals surface area contributed by atoms with Gasteiger partial charge in [-0.15, -0.1) is 0 Å². The van der Waals surface area contributed by atoms with E-state index in [9.17, 15) is 4.79 Å². The van der Waals surface area contributed by atoms with E-state index in [2.05, 4.69) is 0 Å². The van der Waals surface area contributed by atoms with Crippen molar-refractivity contribution in [3.05, 3.63) is 35.4 Å². The number of hydrogen-bond acceptors (Lipinski definition) is 1. The van der Waals surface area contributed by atoms with Gasteiger partial charge in [-0.25, -0.2) is 0 Å². The van der Waals surface area contributed by atoms with Crippen LogP contribution in [0.3, 0.4) is 0 Å². The molecule has 1 rings (SSSR count). The van der Waals surface area contributed by atoms with Crippen LogP contribution in [0.2, 0.25) is 0 Å². The number of rotatable bonds is 3. The number of benzene rings is 1. The third kappa shape index (κ3) is 2.34. The average Bonchev–Trinajstić information content (AvgIpc) is 2.15. The summed E-state index contributed by atoms with van der Waals surface area (Å²) in [5.74, 6) is -1.01. The highest BCUT2D eigenvalue weighted by Crippen LogP contribution is 2.24. The molecule has 1 N–H and O–H groups in total. The largest absolute Gasteiger partial charge is 0.481 e. The highest BCUT2D eigenvalue weighted by atomic mass is 16.4. The van der Waals surface area contributed by atoms with Crippen LogP contribution in [0, 0.1) is 12.8 Å². The van der Waals surface area contributed by atoms with Crippen molar-refractivity contribution in [2.75, 3.05) is 0 Å². The van der Waals surface area contributed by atoms with E-state index >= 15 is 0 Å². The Morgan fingerprint density at radius 1 is 1.36 bits per heavy atom. The van der Waals surface area contributed by atoms with E-state index in [1.807, 2.05) is 38.1 Å². The Bertz CT molecular complexity index is 331. The molecule has 0 saturated heterocycles. The fourth-order valence-electron chi connectivity index (χ4n) is 1.46. The van der Waals surface area contributed by atoms with E-state index in [0.29, 0.717) is 0 Å². The maximum Gasteiger partial charge on any atom is 0.306 e. The molecule has 0 aliphatic heterocycles. The normalized spacial score (nSPS) is 14.8. The van der Waals surface area contributed by atoms with Crippen molar-refractivity contribution in [1.29, 1.82) is 0 Å². The number of carboxylic acids is 1. The molecular weight excluding hydrogens is 176 g/mol. The number of aryl methyl sites for hydroxylation is 1. The quantitative estimate of drug-likeness (QED) is 0.799. The highest BCUT2D eigenvalue weighted by molar-refractivity contribution is 5.70. The van der Waals surface area contributed by atoms with Crippen LogP contribution in [0.15, 0.2) is 24.3 Å². The van der Waals surface area contributed by atoms with Gasteiger partial charge in [0.1, 0.15) is 0 Å². The summed E-state index contributed by atoms with van der Waals surface area (Å²) in [6, 6.07) is 8.01. The minimum Gasteiger partial charge on any atom is -0.481 e. The molecule has 2 nitrogen and oxygen atoms in total. The minimum absolute atomic E-state index is 0.0624. The summed E-state index contributed by atoms with van der Waals surface area (Å²) in [6.07, 6.45) is 0. The van der Waals surface area contributed by atoms with Crippen LogP contribution in [0.4, 0.5) is 0 Å². The van der Waals surface area contributed by atoms with Gasteiger partial charge >= 0.3 is 5.97 Å². The molecule has 0 aromatic heterocycles. The van der Waals surface area contributed by atoms with Gasteiger partial charge in [-0.1, -0.05) is 43.7 Å². The number of carbonyl (C=O) groups is 1. The van der Waals surface area contributed by atoms with Crippen LogP contribution in [-0.4, -0.2) is 11.1 Å². The molecule has 0 fully saturated rings. The maximum atomic E-state index is 10.8. The van der Waals surface area contributed by atoms with Crippen molar-refractivity contribution in [3.8, 4) is 0 Å². The zero-order valence-corrected chi connectivity index (χ0v) is 8.82. The number of carboxylic acid groups (broad SMARTS) is 1. The van der Waals surface area contributed by atoms with Crippen LogP contribution >= 0.6 is 0 Å². The summed E-state index contributed by atoms with van der Waals surface area (Å²) in [5, 5.41) is 8.88. The van der Waals surface area contributed by atoms with Crippen molar-refractivity contribution in [1.82, 2.24) is 0 Å². The molecule has 2 heteroatoms. The molecule has 14 heavy (non-hydrogen) atoms. The molecule has 76 valence electrons. The zero-order chi connectivity index (χ0) is 10.7. The van der Waals surface area contributed by atoms with Crippen LogP contribution in [-0.2, 0) is 4.79 Å². The van der Waals surface area contributed by atoms with Gasteiger partial charge < -0.3 is 5.11 Å². The predicted molar refractivity (Wildman–Crippen MR) is 56.4 cm³/mol. The Labute approximate surface area is 84.6 Å². The second-order valence-corrected chi connectivity index (χ2v) is 3.83. The lowest BCUT2D eigenvalue weighted by molar-refractivity contribution is -0.141. The third-order valence-electron chi connectivity index (χ3n) is 2.71. The lowest BCUT2D eigenvalue weighted by atomic mass is 9.88. The number of aliphatic carboxylic acids is 1. The second-order valence-electron chi connectivity index (χ2n) is 3.83. The predicted octanol–water partition coefficient (Wildman–Crippen LogP) is 2.82. The van der Waals surface area contributed by atoms with E-state index in [4.69, 9.17) is 5.11 Å². The molecule has 1 aromatic carbocycles. The summed E-state index contributed by atoms with van der Waals surface area (Å²) in [6.45, 7) is 5.71. The molecule has 0 aliphatic rings. The third-order valence-corrected chi connectivity index (χ3v) is 2.71. The standard InChI is InChI=1S/C12H16O2/c1-8-5-4-6-11(7-8)9(2)10(3)12(13)14/h4-7,9-10H,1-3H3,(H,13,14). The van der Waals surface area contributed by atoms with Crippen LogP contribution < -0.4 is 0 Å². The summed E-state index contributed by atoms with van der Waals surface area (Å²) in [4.78, 5) is 10.8. The fraction of sp³-hybridized carbons (Fsp3) is 0.417. The van der Waals surface area contributed by atoms with Gasteiger partial charge in [0.05, 0.1) is 5.92 Å². The SMILES string of the molecule is Cc1cccc(C(C)C(C)C(=O)O)c1. The lowest BCUT2D eigenvalue weighted by Crippen LogP contribution is -2.16. The molecule has 2 atom stereocenters. The van der Waals surface area contributed by atoms with Crippen molar-refractivity contribution in [3.63, 3.8) is 0 Å². The highest BCUT2D eigenvalue weighted by Gasteiger charge is 2.20. The Balaban J connectivity index is 2.89. The molecule has 0 amide bonds. The fourth-order valence-corrected chi connectivity index (χ4v) is 1.46. The molecule has 0 bridgehead atoms. The Kier molecular flexibility index (Phi) is 3.28. The Hall–Kier alpha value is -1.31. The van der Waals surface area contributed by atoms with Crippen molar-refractivity contribution in [2.24, 2.45) is 5.92 Å². The van der Waals surface area contributed by atoms with E-state index < -0.39 is 5.97 Å². The molecule has 0 heterocycles. The first-order chi connectivity index (χ1) is 6.52. The van der Waals surface area contributed by atoms with E-state index in [0.717, 1.165) is 5.56 Å².